The smallest absolute Gasteiger partial charge is 0.266 e. The normalized spacial score (nSPS) is 10.9. The Morgan fingerprint density at radius 1 is 0.811 bits per heavy atom. The molecular weight excluding hydrogens is 507 g/mol. The summed E-state index contributed by atoms with van der Waals surface area (Å²) in [7, 11) is 0. The number of nitriles is 1. The fourth-order valence-electron chi connectivity index (χ4n) is 3.40. The summed E-state index contributed by atoms with van der Waals surface area (Å²) in [5, 5.41) is 13.7. The molecule has 0 aromatic heterocycles. The van der Waals surface area contributed by atoms with Gasteiger partial charge in [-0.05, 0) is 71.8 Å². The van der Waals surface area contributed by atoms with E-state index in [-0.39, 0.29) is 5.57 Å². The summed E-state index contributed by atoms with van der Waals surface area (Å²) in [5.41, 5.74) is 2.99. The zero-order valence-corrected chi connectivity index (χ0v) is 21.2. The zero-order chi connectivity index (χ0) is 26.0. The van der Waals surface area contributed by atoms with Crippen molar-refractivity contribution < 1.29 is 14.3 Å². The van der Waals surface area contributed by atoms with Gasteiger partial charge >= 0.3 is 0 Å². The van der Waals surface area contributed by atoms with E-state index in [1.165, 1.54) is 6.08 Å². The van der Waals surface area contributed by atoms with Crippen LogP contribution in [-0.4, -0.2) is 5.91 Å². The first-order valence-corrected chi connectivity index (χ1v) is 12.1. The number of halogens is 2. The minimum Gasteiger partial charge on any atom is -0.489 e. The molecule has 0 unspecified atom stereocenters. The number of nitrogens with one attached hydrogen (secondary N) is 1. The van der Waals surface area contributed by atoms with E-state index >= 15 is 0 Å². The lowest BCUT2D eigenvalue weighted by molar-refractivity contribution is -0.112. The monoisotopic (exact) mass is 528 g/mol. The highest BCUT2D eigenvalue weighted by Gasteiger charge is 2.12. The Labute approximate surface area is 225 Å². The number of benzene rings is 4. The molecule has 7 heteroatoms. The Hall–Kier alpha value is -4.24. The minimum atomic E-state index is -0.526. The lowest BCUT2D eigenvalue weighted by atomic mass is 10.1. The predicted octanol–water partition coefficient (Wildman–Crippen LogP) is 7.70. The Bertz CT molecular complexity index is 1440. The Morgan fingerprint density at radius 2 is 1.54 bits per heavy atom. The van der Waals surface area contributed by atoms with Gasteiger partial charge in [0.2, 0.25) is 0 Å². The first-order chi connectivity index (χ1) is 18.0. The van der Waals surface area contributed by atoms with Gasteiger partial charge in [-0.3, -0.25) is 4.79 Å². The molecule has 0 radical (unpaired) electrons. The average molecular weight is 529 g/mol. The summed E-state index contributed by atoms with van der Waals surface area (Å²) in [5.74, 6) is 0.668. The van der Waals surface area contributed by atoms with Crippen molar-refractivity contribution in [1.29, 1.82) is 5.26 Å². The third-order valence-corrected chi connectivity index (χ3v) is 5.79. The summed E-state index contributed by atoms with van der Waals surface area (Å²) in [6.07, 6.45) is 1.51. The van der Waals surface area contributed by atoms with Crippen LogP contribution in [0.15, 0.2) is 103 Å². The van der Waals surface area contributed by atoms with Crippen LogP contribution in [0.5, 0.6) is 11.5 Å². The SMILES string of the molecule is N#C/C(=C\c1ccccc1OCc1cccc(Cl)c1)C(=O)Nc1ccc(OCc2ccc(Cl)cc2)cc1. The van der Waals surface area contributed by atoms with E-state index in [4.69, 9.17) is 32.7 Å². The first-order valence-electron chi connectivity index (χ1n) is 11.4. The molecular formula is C30H22Cl2N2O3. The molecule has 0 atom stereocenters. The second kappa shape index (κ2) is 12.6. The molecule has 4 aromatic carbocycles. The van der Waals surface area contributed by atoms with Crippen molar-refractivity contribution in [2.45, 2.75) is 13.2 Å². The highest BCUT2D eigenvalue weighted by Crippen LogP contribution is 2.24. The van der Waals surface area contributed by atoms with Crippen LogP contribution in [0.1, 0.15) is 16.7 Å². The standard InChI is InChI=1S/C30H22Cl2N2O3/c31-25-10-8-21(9-11-25)19-36-28-14-12-27(13-15-28)34-30(35)24(18-33)17-23-5-1-2-7-29(23)37-20-22-4-3-6-26(32)16-22/h1-17H,19-20H2,(H,34,35)/b24-17+. The van der Waals surface area contributed by atoms with Gasteiger partial charge in [-0.25, -0.2) is 0 Å². The van der Waals surface area contributed by atoms with Crippen molar-refractivity contribution in [3.05, 3.63) is 129 Å². The molecule has 0 spiro atoms. The third kappa shape index (κ3) is 7.62. The molecule has 37 heavy (non-hydrogen) atoms. The van der Waals surface area contributed by atoms with E-state index in [1.807, 2.05) is 60.7 Å². The van der Waals surface area contributed by atoms with Crippen LogP contribution in [0.2, 0.25) is 10.0 Å². The summed E-state index contributed by atoms with van der Waals surface area (Å²) in [6.45, 7) is 0.689. The van der Waals surface area contributed by atoms with Gasteiger partial charge in [0.05, 0.1) is 0 Å². The van der Waals surface area contributed by atoms with Crippen LogP contribution in [-0.2, 0) is 18.0 Å². The van der Waals surface area contributed by atoms with Crippen LogP contribution in [0.3, 0.4) is 0 Å². The van der Waals surface area contributed by atoms with Crippen molar-refractivity contribution in [2.24, 2.45) is 0 Å². The Kier molecular flexibility index (Phi) is 8.83. The summed E-state index contributed by atoms with van der Waals surface area (Å²) in [4.78, 5) is 12.8. The number of ether oxygens (including phenoxy) is 2. The third-order valence-electron chi connectivity index (χ3n) is 5.30. The number of carbonyl (C=O) groups excluding carboxylic acids is 1. The van der Waals surface area contributed by atoms with Gasteiger partial charge < -0.3 is 14.8 Å². The molecule has 0 aliphatic heterocycles. The van der Waals surface area contributed by atoms with Crippen molar-refractivity contribution in [3.63, 3.8) is 0 Å². The number of anilines is 1. The van der Waals surface area contributed by atoms with Crippen LogP contribution in [0.25, 0.3) is 6.08 Å². The summed E-state index contributed by atoms with van der Waals surface area (Å²) < 4.78 is 11.7. The number of nitrogens with zero attached hydrogens (tertiary/aromatic N) is 1. The molecule has 0 saturated heterocycles. The average Bonchev–Trinajstić information content (AvgIpc) is 2.91. The minimum absolute atomic E-state index is 0.0538. The van der Waals surface area contributed by atoms with Crippen molar-refractivity contribution in [1.82, 2.24) is 0 Å². The van der Waals surface area contributed by atoms with Crippen molar-refractivity contribution in [3.8, 4) is 17.6 Å². The molecule has 0 fully saturated rings. The second-order valence-corrected chi connectivity index (χ2v) is 8.89. The van der Waals surface area contributed by atoms with Crippen molar-refractivity contribution in [2.75, 3.05) is 5.32 Å². The molecule has 4 aromatic rings. The molecule has 0 aliphatic rings. The first kappa shape index (κ1) is 25.8. The molecule has 1 amide bonds. The molecule has 0 heterocycles. The maximum absolute atomic E-state index is 12.8. The number of amides is 1. The van der Waals surface area contributed by atoms with E-state index in [9.17, 15) is 10.1 Å². The number of carbonyl (C=O) groups is 1. The molecule has 1 N–H and O–H groups in total. The quantitative estimate of drug-likeness (QED) is 0.178. The molecule has 184 valence electrons. The van der Waals surface area contributed by atoms with E-state index in [2.05, 4.69) is 5.32 Å². The van der Waals surface area contributed by atoms with Gasteiger partial charge in [0, 0.05) is 21.3 Å². The van der Waals surface area contributed by atoms with Crippen LogP contribution in [0.4, 0.5) is 5.69 Å². The van der Waals surface area contributed by atoms with Crippen LogP contribution >= 0.6 is 23.2 Å². The molecule has 0 aliphatic carbocycles. The van der Waals surface area contributed by atoms with Gasteiger partial charge in [-0.2, -0.15) is 5.26 Å². The topological polar surface area (TPSA) is 71.3 Å². The van der Waals surface area contributed by atoms with E-state index < -0.39 is 5.91 Å². The van der Waals surface area contributed by atoms with Gasteiger partial charge in [0.1, 0.15) is 36.4 Å². The maximum Gasteiger partial charge on any atom is 0.266 e. The maximum atomic E-state index is 12.8. The lowest BCUT2D eigenvalue weighted by Gasteiger charge is -2.10. The molecule has 0 saturated carbocycles. The number of hydrogen-bond donors (Lipinski definition) is 1. The van der Waals surface area contributed by atoms with Gasteiger partial charge in [0.25, 0.3) is 5.91 Å². The van der Waals surface area contributed by atoms with Crippen molar-refractivity contribution >= 4 is 40.9 Å². The van der Waals surface area contributed by atoms with E-state index in [0.29, 0.717) is 46.0 Å². The Morgan fingerprint density at radius 3 is 2.27 bits per heavy atom. The van der Waals surface area contributed by atoms with Gasteiger partial charge in [-0.1, -0.05) is 65.7 Å². The zero-order valence-electron chi connectivity index (χ0n) is 19.7. The second-order valence-electron chi connectivity index (χ2n) is 8.02. The molecule has 0 bridgehead atoms. The van der Waals surface area contributed by atoms with Gasteiger partial charge in [-0.15, -0.1) is 0 Å². The Balaban J connectivity index is 1.39. The lowest BCUT2D eigenvalue weighted by Crippen LogP contribution is -2.13. The van der Waals surface area contributed by atoms with E-state index in [1.54, 1.807) is 42.5 Å². The molecule has 5 nitrogen and oxygen atoms in total. The predicted molar refractivity (Wildman–Crippen MR) is 147 cm³/mol. The number of para-hydroxylation sites is 1. The summed E-state index contributed by atoms with van der Waals surface area (Å²) in [6, 6.07) is 30.9. The number of rotatable bonds is 9. The highest BCUT2D eigenvalue weighted by molar-refractivity contribution is 6.30. The van der Waals surface area contributed by atoms with Crippen LogP contribution in [0, 0.1) is 11.3 Å². The molecule has 4 rings (SSSR count). The number of hydrogen-bond acceptors (Lipinski definition) is 4. The fraction of sp³-hybridized carbons (Fsp3) is 0.0667. The summed E-state index contributed by atoms with van der Waals surface area (Å²) >= 11 is 12.0. The van der Waals surface area contributed by atoms with Crippen LogP contribution < -0.4 is 14.8 Å². The fourth-order valence-corrected chi connectivity index (χ4v) is 3.74. The highest BCUT2D eigenvalue weighted by atomic mass is 35.5. The van der Waals surface area contributed by atoms with Gasteiger partial charge in [0.15, 0.2) is 0 Å². The largest absolute Gasteiger partial charge is 0.489 e. The van der Waals surface area contributed by atoms with E-state index in [0.717, 1.165) is 11.1 Å².